The number of hydrogen-bond acceptors (Lipinski definition) is 3. The maximum Gasteiger partial charge on any atom is 0.244 e. The van der Waals surface area contributed by atoms with Crippen molar-refractivity contribution in [2.45, 2.75) is 18.2 Å². The van der Waals surface area contributed by atoms with Gasteiger partial charge in [0.15, 0.2) is 0 Å². The van der Waals surface area contributed by atoms with Gasteiger partial charge >= 0.3 is 0 Å². The maximum absolute atomic E-state index is 12.1. The van der Waals surface area contributed by atoms with Crippen molar-refractivity contribution >= 4 is 58.7 Å². The molecule has 126 valence electrons. The van der Waals surface area contributed by atoms with E-state index in [4.69, 9.17) is 34.8 Å². The molecule has 1 amide bonds. The average molecular weight is 402 g/mol. The van der Waals surface area contributed by atoms with Crippen LogP contribution in [0.2, 0.25) is 15.1 Å². The van der Waals surface area contributed by atoms with E-state index in [-0.39, 0.29) is 12.3 Å². The molecule has 0 atom stereocenters. The zero-order chi connectivity index (χ0) is 17.5. The van der Waals surface area contributed by atoms with Crippen molar-refractivity contribution < 1.29 is 4.79 Å². The van der Waals surface area contributed by atoms with Gasteiger partial charge in [0.25, 0.3) is 0 Å². The molecule has 0 radical (unpaired) electrons. The van der Waals surface area contributed by atoms with Crippen molar-refractivity contribution in [3.8, 4) is 0 Å². The molecule has 0 saturated carbocycles. The molecule has 2 aromatic carbocycles. The van der Waals surface area contributed by atoms with Crippen molar-refractivity contribution in [3.63, 3.8) is 0 Å². The molecule has 0 fully saturated rings. The van der Waals surface area contributed by atoms with Gasteiger partial charge in [0.2, 0.25) is 5.91 Å². The van der Waals surface area contributed by atoms with Gasteiger partial charge in [-0.15, -0.1) is 11.8 Å². The SMILES string of the molecule is CCSc1ccc(Cl)cc1CC(=O)N/N=C\c1ccc(Cl)cc1Cl. The zero-order valence-electron chi connectivity index (χ0n) is 12.9. The van der Waals surface area contributed by atoms with Gasteiger partial charge in [0, 0.05) is 20.5 Å². The third-order valence-corrected chi connectivity index (χ3v) is 4.82. The Balaban J connectivity index is 2.01. The molecule has 2 rings (SSSR count). The summed E-state index contributed by atoms with van der Waals surface area (Å²) in [6.07, 6.45) is 1.69. The second-order valence-corrected chi connectivity index (χ2v) is 7.41. The van der Waals surface area contributed by atoms with Crippen LogP contribution in [0.4, 0.5) is 0 Å². The lowest BCUT2D eigenvalue weighted by Gasteiger charge is -2.08. The third kappa shape index (κ3) is 5.71. The molecule has 0 spiro atoms. The number of thioether (sulfide) groups is 1. The summed E-state index contributed by atoms with van der Waals surface area (Å²) in [4.78, 5) is 13.1. The van der Waals surface area contributed by atoms with Crippen LogP contribution in [0.25, 0.3) is 0 Å². The predicted molar refractivity (Wildman–Crippen MR) is 104 cm³/mol. The summed E-state index contributed by atoms with van der Waals surface area (Å²) in [6.45, 7) is 2.06. The number of halogens is 3. The van der Waals surface area contributed by atoms with E-state index < -0.39 is 0 Å². The standard InChI is InChI=1S/C17H15Cl3N2OS/c1-2-24-16-6-5-13(18)7-12(16)8-17(23)22-21-10-11-3-4-14(19)9-15(11)20/h3-7,9-10H,2,8H2,1H3,(H,22,23)/b21-10-. The summed E-state index contributed by atoms with van der Waals surface area (Å²) < 4.78 is 0. The summed E-state index contributed by atoms with van der Waals surface area (Å²) in [7, 11) is 0. The molecular weight excluding hydrogens is 387 g/mol. The number of benzene rings is 2. The van der Waals surface area contributed by atoms with Crippen LogP contribution in [-0.2, 0) is 11.2 Å². The number of carbonyl (C=O) groups excluding carboxylic acids is 1. The molecular formula is C17H15Cl3N2OS. The number of hydrazone groups is 1. The maximum atomic E-state index is 12.1. The summed E-state index contributed by atoms with van der Waals surface area (Å²) in [5, 5.41) is 5.55. The topological polar surface area (TPSA) is 41.5 Å². The highest BCUT2D eigenvalue weighted by atomic mass is 35.5. The van der Waals surface area contributed by atoms with Gasteiger partial charge in [-0.1, -0.05) is 47.8 Å². The Morgan fingerprint density at radius 3 is 2.58 bits per heavy atom. The summed E-state index contributed by atoms with van der Waals surface area (Å²) in [5.41, 5.74) is 4.05. The Bertz CT molecular complexity index is 765. The molecule has 7 heteroatoms. The fraction of sp³-hybridized carbons (Fsp3) is 0.176. The molecule has 0 aliphatic heterocycles. The normalized spacial score (nSPS) is 11.0. The Hall–Kier alpha value is -1.20. The highest BCUT2D eigenvalue weighted by molar-refractivity contribution is 7.99. The van der Waals surface area contributed by atoms with Crippen molar-refractivity contribution in [1.82, 2.24) is 5.43 Å². The van der Waals surface area contributed by atoms with Gasteiger partial charge in [-0.3, -0.25) is 4.79 Å². The lowest BCUT2D eigenvalue weighted by Crippen LogP contribution is -2.20. The van der Waals surface area contributed by atoms with Gasteiger partial charge < -0.3 is 0 Å². The van der Waals surface area contributed by atoms with Crippen LogP contribution in [-0.4, -0.2) is 17.9 Å². The van der Waals surface area contributed by atoms with Crippen LogP contribution in [0.15, 0.2) is 46.4 Å². The van der Waals surface area contributed by atoms with E-state index >= 15 is 0 Å². The largest absolute Gasteiger partial charge is 0.273 e. The molecule has 0 saturated heterocycles. The van der Waals surface area contributed by atoms with Crippen LogP contribution >= 0.6 is 46.6 Å². The third-order valence-electron chi connectivity index (χ3n) is 3.03. The van der Waals surface area contributed by atoms with Crippen LogP contribution in [0.1, 0.15) is 18.1 Å². The minimum Gasteiger partial charge on any atom is -0.273 e. The molecule has 0 aliphatic rings. The first-order valence-corrected chi connectivity index (χ1v) is 9.29. The number of amides is 1. The van der Waals surface area contributed by atoms with E-state index in [2.05, 4.69) is 17.5 Å². The van der Waals surface area contributed by atoms with Gasteiger partial charge in [-0.25, -0.2) is 5.43 Å². The quantitative estimate of drug-likeness (QED) is 0.397. The van der Waals surface area contributed by atoms with E-state index in [9.17, 15) is 4.79 Å². The van der Waals surface area contributed by atoms with E-state index in [1.807, 2.05) is 12.1 Å². The highest BCUT2D eigenvalue weighted by Gasteiger charge is 2.09. The van der Waals surface area contributed by atoms with Crippen LogP contribution in [0, 0.1) is 0 Å². The average Bonchev–Trinajstić information content (AvgIpc) is 2.52. The van der Waals surface area contributed by atoms with E-state index in [1.165, 1.54) is 6.21 Å². The van der Waals surface area contributed by atoms with E-state index in [0.717, 1.165) is 16.2 Å². The molecule has 1 N–H and O–H groups in total. The molecule has 24 heavy (non-hydrogen) atoms. The monoisotopic (exact) mass is 400 g/mol. The Morgan fingerprint density at radius 1 is 1.17 bits per heavy atom. The van der Waals surface area contributed by atoms with E-state index in [1.54, 1.807) is 36.0 Å². The minimum absolute atomic E-state index is 0.203. The number of hydrogen-bond donors (Lipinski definition) is 1. The second-order valence-electron chi connectivity index (χ2n) is 4.82. The number of carbonyl (C=O) groups is 1. The second kappa shape index (κ2) is 9.33. The highest BCUT2D eigenvalue weighted by Crippen LogP contribution is 2.26. The first-order valence-electron chi connectivity index (χ1n) is 7.17. The Morgan fingerprint density at radius 2 is 1.88 bits per heavy atom. The first-order chi connectivity index (χ1) is 11.5. The Kier molecular flexibility index (Phi) is 7.43. The van der Waals surface area contributed by atoms with Gasteiger partial charge in [0.1, 0.15) is 0 Å². The molecule has 0 bridgehead atoms. The van der Waals surface area contributed by atoms with Crippen molar-refractivity contribution in [1.29, 1.82) is 0 Å². The lowest BCUT2D eigenvalue weighted by atomic mass is 10.1. The number of nitrogens with one attached hydrogen (secondary N) is 1. The van der Waals surface area contributed by atoms with Crippen molar-refractivity contribution in [2.75, 3.05) is 5.75 Å². The zero-order valence-corrected chi connectivity index (χ0v) is 15.9. The van der Waals surface area contributed by atoms with Crippen LogP contribution in [0.5, 0.6) is 0 Å². The molecule has 0 aliphatic carbocycles. The van der Waals surface area contributed by atoms with Gasteiger partial charge in [-0.05, 0) is 41.6 Å². The molecule has 0 unspecified atom stereocenters. The van der Waals surface area contributed by atoms with Crippen molar-refractivity contribution in [3.05, 3.63) is 62.6 Å². The smallest absolute Gasteiger partial charge is 0.244 e. The lowest BCUT2D eigenvalue weighted by molar-refractivity contribution is -0.120. The number of rotatable bonds is 6. The molecule has 3 nitrogen and oxygen atoms in total. The fourth-order valence-corrected chi connectivity index (χ4v) is 3.42. The Labute approximate surface area is 160 Å². The fourth-order valence-electron chi connectivity index (χ4n) is 1.98. The van der Waals surface area contributed by atoms with Crippen LogP contribution < -0.4 is 5.43 Å². The summed E-state index contributed by atoms with van der Waals surface area (Å²) >= 11 is 19.6. The summed E-state index contributed by atoms with van der Waals surface area (Å²) in [6, 6.07) is 10.6. The predicted octanol–water partition coefficient (Wildman–Crippen LogP) is 5.45. The van der Waals surface area contributed by atoms with Crippen molar-refractivity contribution in [2.24, 2.45) is 5.10 Å². The molecule has 0 aromatic heterocycles. The number of nitrogens with zero attached hydrogens (tertiary/aromatic N) is 1. The summed E-state index contributed by atoms with van der Waals surface area (Å²) in [5.74, 6) is 0.695. The molecule has 2 aromatic rings. The van der Waals surface area contributed by atoms with E-state index in [0.29, 0.717) is 20.6 Å². The molecule has 0 heterocycles. The first kappa shape index (κ1) is 19.1. The van der Waals surface area contributed by atoms with Crippen LogP contribution in [0.3, 0.4) is 0 Å². The van der Waals surface area contributed by atoms with Gasteiger partial charge in [0.05, 0.1) is 17.7 Å². The van der Waals surface area contributed by atoms with Gasteiger partial charge in [-0.2, -0.15) is 5.10 Å². The minimum atomic E-state index is -0.225.